The first-order chi connectivity index (χ1) is 6.79. The topological polar surface area (TPSA) is 52.0 Å². The van der Waals surface area contributed by atoms with Gasteiger partial charge in [-0.1, -0.05) is 36.3 Å². The van der Waals surface area contributed by atoms with Crippen LogP contribution in [0.2, 0.25) is 0 Å². The molecule has 1 aromatic carbocycles. The Kier molecular flexibility index (Phi) is 4.18. The van der Waals surface area contributed by atoms with Gasteiger partial charge in [-0.05, 0) is 18.5 Å². The second-order valence-corrected chi connectivity index (χ2v) is 3.31. The Morgan fingerprint density at radius 1 is 1.29 bits per heavy atom. The smallest absolute Gasteiger partial charge is 0.0344 e. The molecule has 1 aromatic rings. The number of benzene rings is 1. The van der Waals surface area contributed by atoms with Crippen LogP contribution in [0.3, 0.4) is 0 Å². The van der Waals surface area contributed by atoms with Gasteiger partial charge in [-0.25, -0.2) is 0 Å². The normalized spacial score (nSPS) is 14.4. The standard InChI is InChI=1S/C12H15N2/c1-2-6-11(9-13)12(14)10-7-4-3-5-8-10/h3-5,7-8,11-12H,6,9,13-14H2. The van der Waals surface area contributed by atoms with Gasteiger partial charge >= 0.3 is 0 Å². The minimum Gasteiger partial charge on any atom is -0.330 e. The minimum absolute atomic E-state index is 0.0981. The third kappa shape index (κ3) is 2.59. The van der Waals surface area contributed by atoms with Crippen LogP contribution in [-0.4, -0.2) is 6.54 Å². The Hall–Kier alpha value is -1.30. The molecule has 0 aliphatic rings. The molecule has 0 aromatic heterocycles. The highest BCUT2D eigenvalue weighted by molar-refractivity contribution is 5.19. The van der Waals surface area contributed by atoms with Crippen molar-refractivity contribution in [3.63, 3.8) is 0 Å². The molecule has 0 bridgehead atoms. The highest BCUT2D eigenvalue weighted by Crippen LogP contribution is 2.20. The highest BCUT2D eigenvalue weighted by atomic mass is 14.7. The van der Waals surface area contributed by atoms with E-state index in [0.717, 1.165) is 5.56 Å². The summed E-state index contributed by atoms with van der Waals surface area (Å²) in [6, 6.07) is 9.73. The summed E-state index contributed by atoms with van der Waals surface area (Å²) in [5.74, 6) is 2.47. The number of hydrogen-bond acceptors (Lipinski definition) is 2. The average Bonchev–Trinajstić information content (AvgIpc) is 2.26. The largest absolute Gasteiger partial charge is 0.330 e. The van der Waals surface area contributed by atoms with Gasteiger partial charge in [0.1, 0.15) is 0 Å². The second kappa shape index (κ2) is 5.43. The van der Waals surface area contributed by atoms with Crippen LogP contribution in [0.5, 0.6) is 0 Å². The highest BCUT2D eigenvalue weighted by Gasteiger charge is 2.16. The van der Waals surface area contributed by atoms with Gasteiger partial charge in [-0.2, -0.15) is 0 Å². The van der Waals surface area contributed by atoms with Crippen molar-refractivity contribution < 1.29 is 0 Å². The van der Waals surface area contributed by atoms with Crippen molar-refractivity contribution >= 4 is 0 Å². The molecule has 4 N–H and O–H groups in total. The molecule has 1 rings (SSSR count). The lowest BCUT2D eigenvalue weighted by molar-refractivity contribution is 0.451. The molecule has 0 saturated carbocycles. The van der Waals surface area contributed by atoms with Crippen LogP contribution >= 0.6 is 0 Å². The lowest BCUT2D eigenvalue weighted by atomic mass is 9.91. The van der Waals surface area contributed by atoms with Gasteiger partial charge in [0.05, 0.1) is 0 Å². The molecule has 14 heavy (non-hydrogen) atoms. The van der Waals surface area contributed by atoms with Crippen molar-refractivity contribution in [3.05, 3.63) is 42.3 Å². The van der Waals surface area contributed by atoms with E-state index in [1.165, 1.54) is 0 Å². The maximum absolute atomic E-state index is 6.93. The maximum atomic E-state index is 6.93. The van der Waals surface area contributed by atoms with Crippen LogP contribution < -0.4 is 11.5 Å². The second-order valence-electron chi connectivity index (χ2n) is 3.31. The Morgan fingerprint density at radius 2 is 1.93 bits per heavy atom. The van der Waals surface area contributed by atoms with E-state index < -0.39 is 0 Å². The number of nitrogens with two attached hydrogens (primary N) is 2. The Bertz CT molecular complexity index is 300. The minimum atomic E-state index is -0.0981. The molecule has 0 aliphatic heterocycles. The predicted octanol–water partition coefficient (Wildman–Crippen LogP) is 1.24. The lowest BCUT2D eigenvalue weighted by Crippen LogP contribution is -2.27. The fraction of sp³-hybridized carbons (Fsp3) is 0.333. The summed E-state index contributed by atoms with van der Waals surface area (Å²) < 4.78 is 0. The van der Waals surface area contributed by atoms with Gasteiger partial charge in [-0.3, -0.25) is 0 Å². The van der Waals surface area contributed by atoms with Crippen LogP contribution in [0.15, 0.2) is 30.3 Å². The summed E-state index contributed by atoms with van der Waals surface area (Å²) in [5, 5.41) is 0. The molecular weight excluding hydrogens is 172 g/mol. The number of hydrogen-bond donors (Lipinski definition) is 2. The molecule has 0 saturated heterocycles. The molecule has 1 radical (unpaired) electrons. The van der Waals surface area contributed by atoms with Gasteiger partial charge in [0.2, 0.25) is 0 Å². The molecule has 0 spiro atoms. The van der Waals surface area contributed by atoms with Crippen molar-refractivity contribution in [2.24, 2.45) is 17.4 Å². The molecular formula is C12H15N2. The Labute approximate surface area is 85.3 Å². The van der Waals surface area contributed by atoms with Crippen LogP contribution in [0.25, 0.3) is 0 Å². The fourth-order valence-corrected chi connectivity index (χ4v) is 1.44. The summed E-state index contributed by atoms with van der Waals surface area (Å²) in [7, 11) is 0. The molecule has 0 amide bonds. The van der Waals surface area contributed by atoms with E-state index in [1.54, 1.807) is 0 Å². The summed E-state index contributed by atoms with van der Waals surface area (Å²) in [4.78, 5) is 0. The van der Waals surface area contributed by atoms with E-state index in [4.69, 9.17) is 17.9 Å². The zero-order valence-electron chi connectivity index (χ0n) is 8.11. The van der Waals surface area contributed by atoms with E-state index >= 15 is 0 Å². The van der Waals surface area contributed by atoms with Crippen LogP contribution in [-0.2, 0) is 0 Å². The summed E-state index contributed by atoms with van der Waals surface area (Å²) in [5.41, 5.74) is 12.7. The van der Waals surface area contributed by atoms with E-state index in [9.17, 15) is 0 Å². The third-order valence-electron chi connectivity index (χ3n) is 2.36. The lowest BCUT2D eigenvalue weighted by Gasteiger charge is -2.20. The average molecular weight is 187 g/mol. The molecule has 2 heteroatoms. The quantitative estimate of drug-likeness (QED) is 0.697. The molecule has 2 unspecified atom stereocenters. The van der Waals surface area contributed by atoms with Gasteiger partial charge < -0.3 is 11.5 Å². The van der Waals surface area contributed by atoms with Gasteiger partial charge in [-0.15, -0.1) is 0 Å². The van der Waals surface area contributed by atoms with Gasteiger partial charge in [0.15, 0.2) is 0 Å². The van der Waals surface area contributed by atoms with E-state index in [0.29, 0.717) is 13.0 Å². The maximum Gasteiger partial charge on any atom is 0.0344 e. The number of rotatable bonds is 4. The van der Waals surface area contributed by atoms with E-state index in [-0.39, 0.29) is 12.0 Å². The zero-order valence-corrected chi connectivity index (χ0v) is 8.11. The molecule has 0 fully saturated rings. The van der Waals surface area contributed by atoms with Crippen molar-refractivity contribution in [2.75, 3.05) is 6.54 Å². The first-order valence-corrected chi connectivity index (χ1v) is 4.69. The summed E-state index contributed by atoms with van der Waals surface area (Å²) >= 11 is 0. The van der Waals surface area contributed by atoms with Crippen LogP contribution in [0, 0.1) is 18.3 Å². The van der Waals surface area contributed by atoms with Crippen molar-refractivity contribution in [2.45, 2.75) is 12.5 Å². The first kappa shape index (κ1) is 10.8. The molecule has 0 aliphatic carbocycles. The molecule has 2 atom stereocenters. The van der Waals surface area contributed by atoms with Crippen LogP contribution in [0.1, 0.15) is 18.0 Å². The van der Waals surface area contributed by atoms with Gasteiger partial charge in [0.25, 0.3) is 0 Å². The third-order valence-corrected chi connectivity index (χ3v) is 2.36. The fourth-order valence-electron chi connectivity index (χ4n) is 1.44. The van der Waals surface area contributed by atoms with Crippen molar-refractivity contribution in [3.8, 4) is 5.92 Å². The Morgan fingerprint density at radius 3 is 2.43 bits per heavy atom. The summed E-state index contributed by atoms with van der Waals surface area (Å²) in [6.07, 6.45) is 7.45. The van der Waals surface area contributed by atoms with E-state index in [2.05, 4.69) is 5.92 Å². The van der Waals surface area contributed by atoms with Crippen molar-refractivity contribution in [1.82, 2.24) is 0 Å². The van der Waals surface area contributed by atoms with Crippen LogP contribution in [0.4, 0.5) is 0 Å². The predicted molar refractivity (Wildman–Crippen MR) is 57.7 cm³/mol. The monoisotopic (exact) mass is 187 g/mol. The zero-order chi connectivity index (χ0) is 10.4. The molecule has 2 nitrogen and oxygen atoms in total. The van der Waals surface area contributed by atoms with Gasteiger partial charge in [0, 0.05) is 18.4 Å². The first-order valence-electron chi connectivity index (χ1n) is 4.69. The van der Waals surface area contributed by atoms with Crippen molar-refractivity contribution in [1.29, 1.82) is 0 Å². The SMILES string of the molecule is [C]#CCC(CN)C(N)c1ccccc1. The molecule has 0 heterocycles. The summed E-state index contributed by atoms with van der Waals surface area (Å²) in [6.45, 7) is 0.488. The molecule has 73 valence electrons. The van der Waals surface area contributed by atoms with E-state index in [1.807, 2.05) is 30.3 Å². The Balaban J connectivity index is 2.73.